The molecule has 0 saturated carbocycles. The minimum atomic E-state index is 0.226. The molecule has 0 bridgehead atoms. The van der Waals surface area contributed by atoms with E-state index < -0.39 is 0 Å². The molecule has 0 aliphatic carbocycles. The number of thioether (sulfide) groups is 1. The fourth-order valence-electron chi connectivity index (χ4n) is 0.539. The van der Waals surface area contributed by atoms with Crippen molar-refractivity contribution in [1.82, 2.24) is 9.36 Å². The first-order chi connectivity index (χ1) is 5.18. The Labute approximate surface area is 74.6 Å². The molecule has 0 aliphatic rings. The molecule has 1 unspecified atom stereocenters. The first-order valence-corrected chi connectivity index (χ1v) is 5.13. The van der Waals surface area contributed by atoms with Gasteiger partial charge in [0.2, 0.25) is 0 Å². The Bertz CT molecular complexity index is 221. The molecule has 11 heavy (non-hydrogen) atoms. The molecule has 1 aromatic heterocycles. The van der Waals surface area contributed by atoms with Gasteiger partial charge >= 0.3 is 0 Å². The third-order valence-electron chi connectivity index (χ3n) is 0.979. The van der Waals surface area contributed by atoms with Crippen molar-refractivity contribution in [2.45, 2.75) is 24.2 Å². The van der Waals surface area contributed by atoms with Crippen LogP contribution >= 0.6 is 23.3 Å². The summed E-state index contributed by atoms with van der Waals surface area (Å²) in [6.07, 6.45) is 0. The smallest absolute Gasteiger partial charge is 0.170 e. The Kier molecular flexibility index (Phi) is 3.29. The quantitative estimate of drug-likeness (QED) is 0.728. The van der Waals surface area contributed by atoms with Gasteiger partial charge in [-0.2, -0.15) is 4.37 Å². The third-order valence-corrected chi connectivity index (χ3v) is 3.19. The van der Waals surface area contributed by atoms with Crippen LogP contribution in [-0.2, 0) is 0 Å². The zero-order chi connectivity index (χ0) is 8.27. The SMILES string of the molecule is Cc1nsc(SCC(C)N)n1. The second kappa shape index (κ2) is 4.04. The lowest BCUT2D eigenvalue weighted by Gasteiger charge is -1.99. The highest BCUT2D eigenvalue weighted by molar-refractivity contribution is 8.00. The fraction of sp³-hybridized carbons (Fsp3) is 0.667. The van der Waals surface area contributed by atoms with Gasteiger partial charge < -0.3 is 5.73 Å². The maximum Gasteiger partial charge on any atom is 0.170 e. The van der Waals surface area contributed by atoms with Gasteiger partial charge in [0, 0.05) is 11.8 Å². The topological polar surface area (TPSA) is 51.8 Å². The molecule has 5 heteroatoms. The average Bonchev–Trinajstić information content (AvgIpc) is 2.31. The zero-order valence-electron chi connectivity index (χ0n) is 6.57. The minimum Gasteiger partial charge on any atom is -0.327 e. The summed E-state index contributed by atoms with van der Waals surface area (Å²) in [5.41, 5.74) is 5.58. The highest BCUT2D eigenvalue weighted by atomic mass is 32.2. The third kappa shape index (κ3) is 3.18. The number of rotatable bonds is 3. The Hall–Kier alpha value is -0.130. The molecule has 0 saturated heterocycles. The summed E-state index contributed by atoms with van der Waals surface area (Å²) in [5, 5.41) is 0. The Balaban J connectivity index is 2.39. The zero-order valence-corrected chi connectivity index (χ0v) is 8.21. The summed E-state index contributed by atoms with van der Waals surface area (Å²) in [7, 11) is 0. The van der Waals surface area contributed by atoms with Gasteiger partial charge in [0.05, 0.1) is 0 Å². The van der Waals surface area contributed by atoms with Crippen LogP contribution in [0.3, 0.4) is 0 Å². The van der Waals surface area contributed by atoms with Gasteiger partial charge in [-0.05, 0) is 25.4 Å². The predicted molar refractivity (Wildman–Crippen MR) is 49.0 cm³/mol. The monoisotopic (exact) mass is 189 g/mol. The first-order valence-electron chi connectivity index (χ1n) is 3.37. The van der Waals surface area contributed by atoms with Crippen LogP contribution in [0.1, 0.15) is 12.7 Å². The van der Waals surface area contributed by atoms with Crippen LogP contribution in [0.25, 0.3) is 0 Å². The van der Waals surface area contributed by atoms with E-state index in [1.54, 1.807) is 11.8 Å². The molecule has 1 rings (SSSR count). The maximum atomic E-state index is 5.58. The van der Waals surface area contributed by atoms with Crippen LogP contribution in [0.15, 0.2) is 4.34 Å². The van der Waals surface area contributed by atoms with Crippen molar-refractivity contribution in [3.8, 4) is 0 Å². The van der Waals surface area contributed by atoms with Gasteiger partial charge in [-0.1, -0.05) is 11.8 Å². The van der Waals surface area contributed by atoms with Crippen LogP contribution in [0.2, 0.25) is 0 Å². The highest BCUT2D eigenvalue weighted by Gasteiger charge is 2.01. The highest BCUT2D eigenvalue weighted by Crippen LogP contribution is 2.19. The number of aromatic nitrogens is 2. The van der Waals surface area contributed by atoms with Crippen molar-refractivity contribution in [3.05, 3.63) is 5.82 Å². The Morgan fingerprint density at radius 2 is 2.45 bits per heavy atom. The molecule has 3 nitrogen and oxygen atoms in total. The normalized spacial score (nSPS) is 13.4. The maximum absolute atomic E-state index is 5.58. The van der Waals surface area contributed by atoms with E-state index in [0.29, 0.717) is 0 Å². The summed E-state index contributed by atoms with van der Waals surface area (Å²) in [6, 6.07) is 0.226. The standard InChI is InChI=1S/C6H11N3S2/c1-4(7)3-10-6-8-5(2)9-11-6/h4H,3,7H2,1-2H3. The Morgan fingerprint density at radius 1 is 1.73 bits per heavy atom. The molecule has 1 aromatic rings. The van der Waals surface area contributed by atoms with Crippen molar-refractivity contribution in [1.29, 1.82) is 0 Å². The molecular formula is C6H11N3S2. The molecule has 0 spiro atoms. The van der Waals surface area contributed by atoms with Crippen molar-refractivity contribution < 1.29 is 0 Å². The summed E-state index contributed by atoms with van der Waals surface area (Å²) >= 11 is 3.11. The van der Waals surface area contributed by atoms with E-state index in [0.717, 1.165) is 15.9 Å². The van der Waals surface area contributed by atoms with E-state index in [1.807, 2.05) is 13.8 Å². The van der Waals surface area contributed by atoms with E-state index in [1.165, 1.54) is 11.5 Å². The second-order valence-corrected chi connectivity index (χ2v) is 4.41. The van der Waals surface area contributed by atoms with Crippen molar-refractivity contribution >= 4 is 23.3 Å². The average molecular weight is 189 g/mol. The van der Waals surface area contributed by atoms with Crippen molar-refractivity contribution in [3.63, 3.8) is 0 Å². The number of aryl methyl sites for hydroxylation is 1. The Morgan fingerprint density at radius 3 is 2.91 bits per heavy atom. The fourth-order valence-corrected chi connectivity index (χ4v) is 2.09. The molecule has 0 aliphatic heterocycles. The van der Waals surface area contributed by atoms with Crippen LogP contribution < -0.4 is 5.73 Å². The van der Waals surface area contributed by atoms with Gasteiger partial charge in [0.15, 0.2) is 4.34 Å². The van der Waals surface area contributed by atoms with Crippen molar-refractivity contribution in [2.75, 3.05) is 5.75 Å². The van der Waals surface area contributed by atoms with Gasteiger partial charge in [-0.3, -0.25) is 0 Å². The number of nitrogens with zero attached hydrogens (tertiary/aromatic N) is 2. The summed E-state index contributed by atoms with van der Waals surface area (Å²) in [4.78, 5) is 4.20. The summed E-state index contributed by atoms with van der Waals surface area (Å²) in [5.74, 6) is 1.76. The second-order valence-electron chi connectivity index (χ2n) is 2.40. The lowest BCUT2D eigenvalue weighted by atomic mass is 10.4. The van der Waals surface area contributed by atoms with Gasteiger partial charge in [0.25, 0.3) is 0 Å². The molecule has 2 N–H and O–H groups in total. The van der Waals surface area contributed by atoms with E-state index in [-0.39, 0.29) is 6.04 Å². The minimum absolute atomic E-state index is 0.226. The van der Waals surface area contributed by atoms with Crippen LogP contribution in [0.5, 0.6) is 0 Å². The molecule has 1 heterocycles. The van der Waals surface area contributed by atoms with E-state index in [2.05, 4.69) is 9.36 Å². The molecular weight excluding hydrogens is 178 g/mol. The van der Waals surface area contributed by atoms with Crippen LogP contribution in [0.4, 0.5) is 0 Å². The van der Waals surface area contributed by atoms with Gasteiger partial charge in [-0.25, -0.2) is 4.98 Å². The molecule has 0 radical (unpaired) electrons. The molecule has 1 atom stereocenters. The molecule has 0 amide bonds. The molecule has 62 valence electrons. The predicted octanol–water partition coefficient (Wildman–Crippen LogP) is 1.29. The van der Waals surface area contributed by atoms with Crippen LogP contribution in [0, 0.1) is 6.92 Å². The largest absolute Gasteiger partial charge is 0.327 e. The molecule has 0 fully saturated rings. The number of hydrogen-bond donors (Lipinski definition) is 1. The summed E-state index contributed by atoms with van der Waals surface area (Å²) < 4.78 is 5.08. The van der Waals surface area contributed by atoms with E-state index in [4.69, 9.17) is 5.73 Å². The van der Waals surface area contributed by atoms with Crippen molar-refractivity contribution in [2.24, 2.45) is 5.73 Å². The van der Waals surface area contributed by atoms with E-state index in [9.17, 15) is 0 Å². The van der Waals surface area contributed by atoms with Crippen LogP contribution in [-0.4, -0.2) is 21.2 Å². The first kappa shape index (κ1) is 8.96. The summed E-state index contributed by atoms with van der Waals surface area (Å²) in [6.45, 7) is 3.88. The molecule has 0 aromatic carbocycles. The van der Waals surface area contributed by atoms with E-state index >= 15 is 0 Å². The number of hydrogen-bond acceptors (Lipinski definition) is 5. The van der Waals surface area contributed by atoms with Gasteiger partial charge in [0.1, 0.15) is 5.82 Å². The lowest BCUT2D eigenvalue weighted by molar-refractivity contribution is 0.846. The van der Waals surface area contributed by atoms with Gasteiger partial charge in [-0.15, -0.1) is 0 Å². The lowest BCUT2D eigenvalue weighted by Crippen LogP contribution is -2.17. The number of nitrogens with two attached hydrogens (primary N) is 1.